The summed E-state index contributed by atoms with van der Waals surface area (Å²) in [5, 5.41) is 9.09. The largest absolute Gasteiger partial charge is 0.473 e. The van der Waals surface area contributed by atoms with Crippen LogP contribution in [0.2, 0.25) is 0 Å². The van der Waals surface area contributed by atoms with Gasteiger partial charge in [-0.15, -0.1) is 11.3 Å². The fourth-order valence-corrected chi connectivity index (χ4v) is 4.56. The van der Waals surface area contributed by atoms with Gasteiger partial charge in [-0.05, 0) is 77.0 Å². The van der Waals surface area contributed by atoms with E-state index in [1.807, 2.05) is 76.5 Å². The van der Waals surface area contributed by atoms with Gasteiger partial charge in [-0.2, -0.15) is 10.1 Å². The summed E-state index contributed by atoms with van der Waals surface area (Å²) in [5.74, 6) is 1.40. The third kappa shape index (κ3) is 9.59. The van der Waals surface area contributed by atoms with Crippen LogP contribution in [0.25, 0.3) is 21.6 Å². The second-order valence-corrected chi connectivity index (χ2v) is 11.5. The van der Waals surface area contributed by atoms with Crippen molar-refractivity contribution in [2.75, 3.05) is 5.32 Å². The highest BCUT2D eigenvalue weighted by molar-refractivity contribution is 7.13. The van der Waals surface area contributed by atoms with E-state index in [2.05, 4.69) is 34.2 Å². The molecule has 0 aliphatic heterocycles. The Hall–Kier alpha value is -3.53. The van der Waals surface area contributed by atoms with Crippen LogP contribution in [0.1, 0.15) is 67.2 Å². The van der Waals surface area contributed by atoms with Gasteiger partial charge in [0.25, 0.3) is 0 Å². The van der Waals surface area contributed by atoms with Crippen molar-refractivity contribution in [3.8, 4) is 16.5 Å². The molecule has 1 aromatic carbocycles. The Morgan fingerprint density at radius 3 is 2.20 bits per heavy atom. The van der Waals surface area contributed by atoms with Crippen LogP contribution in [0.4, 0.5) is 5.95 Å². The maximum absolute atomic E-state index is 11.1. The molecule has 1 fully saturated rings. The number of rotatable bonds is 7. The third-order valence-corrected chi connectivity index (χ3v) is 6.70. The minimum atomic E-state index is -0.0445. The molecule has 3 aromatic heterocycles. The number of carbonyl (C=O) groups is 1. The lowest BCUT2D eigenvalue weighted by Gasteiger charge is -2.12. The average molecular weight is 567 g/mol. The van der Waals surface area contributed by atoms with Gasteiger partial charge in [0, 0.05) is 13.1 Å². The summed E-state index contributed by atoms with van der Waals surface area (Å²) in [6.07, 6.45) is 6.41. The Labute approximate surface area is 241 Å². The quantitative estimate of drug-likeness (QED) is 0.241. The predicted molar refractivity (Wildman–Crippen MR) is 162 cm³/mol. The molecule has 0 atom stereocenters. The van der Waals surface area contributed by atoms with Gasteiger partial charge >= 0.3 is 5.97 Å². The molecule has 0 bridgehead atoms. The van der Waals surface area contributed by atoms with Crippen molar-refractivity contribution in [1.29, 1.82) is 0 Å². The van der Waals surface area contributed by atoms with Crippen molar-refractivity contribution in [3.63, 3.8) is 0 Å². The molecule has 1 N–H and O–H groups in total. The Balaban J connectivity index is 0.000000180. The van der Waals surface area contributed by atoms with Gasteiger partial charge in [0.15, 0.2) is 0 Å². The number of carbonyl (C=O) groups excluding carboxylic acids is 1. The molecule has 0 amide bonds. The van der Waals surface area contributed by atoms with Gasteiger partial charge in [0.1, 0.15) is 18.1 Å². The number of hydrogen-bond donors (Lipinski definition) is 1. The molecule has 216 valence electrons. The van der Waals surface area contributed by atoms with Gasteiger partial charge in [-0.3, -0.25) is 4.79 Å². The van der Waals surface area contributed by atoms with Crippen LogP contribution in [0.5, 0.6) is 5.88 Å². The number of ether oxygens (including phenoxy) is 2. The van der Waals surface area contributed by atoms with Gasteiger partial charge in [0.05, 0.1) is 27.9 Å². The Morgan fingerprint density at radius 2 is 1.68 bits per heavy atom. The first-order chi connectivity index (χ1) is 19.1. The molecule has 1 aliphatic carbocycles. The zero-order valence-electron chi connectivity index (χ0n) is 24.6. The topological polar surface area (TPSA) is 104 Å². The fourth-order valence-electron chi connectivity index (χ4n) is 3.85. The summed E-state index contributed by atoms with van der Waals surface area (Å²) in [6.45, 7) is 11.9. The molecule has 40 heavy (non-hydrogen) atoms. The Morgan fingerprint density at radius 1 is 1.00 bits per heavy atom. The maximum atomic E-state index is 11.1. The molecule has 3 heterocycles. The van der Waals surface area contributed by atoms with Crippen molar-refractivity contribution in [2.24, 2.45) is 13.0 Å². The maximum Gasteiger partial charge on any atom is 0.308 e. The van der Waals surface area contributed by atoms with Crippen LogP contribution in [0, 0.1) is 5.92 Å². The minimum Gasteiger partial charge on any atom is -0.473 e. The number of thiophene rings is 1. The van der Waals surface area contributed by atoms with E-state index in [1.165, 1.54) is 19.2 Å². The van der Waals surface area contributed by atoms with E-state index in [0.717, 1.165) is 40.4 Å². The van der Waals surface area contributed by atoms with Crippen molar-refractivity contribution in [2.45, 2.75) is 85.5 Å². The lowest BCUT2D eigenvalue weighted by molar-refractivity contribution is -0.152. The molecule has 4 aromatic rings. The molecular weight excluding hydrogens is 524 g/mol. The first kappa shape index (κ1) is 31.0. The molecule has 5 rings (SSSR count). The molecule has 0 spiro atoms. The molecule has 1 saturated carbocycles. The van der Waals surface area contributed by atoms with Gasteiger partial charge in [-0.1, -0.05) is 32.0 Å². The smallest absolute Gasteiger partial charge is 0.308 e. The molecular formula is C30H42N6O3S. The second kappa shape index (κ2) is 15.3. The van der Waals surface area contributed by atoms with Crippen LogP contribution in [0.15, 0.2) is 48.1 Å². The fraction of sp³-hybridized carbons (Fsp3) is 0.500. The average Bonchev–Trinajstić information content (AvgIpc) is 3.69. The number of benzene rings is 1. The van der Waals surface area contributed by atoms with Gasteiger partial charge in [-0.25, -0.2) is 14.6 Å². The SMILES string of the molecule is CC(C)C(=O)OC1CCCC1.CC(C)Nc1ncnn1C.CC(C)Oc1nc2ccccc2nc1-c1cccs1. The first-order valence-corrected chi connectivity index (χ1v) is 14.8. The normalized spacial score (nSPS) is 13.2. The third-order valence-electron chi connectivity index (χ3n) is 5.83. The number of aryl methyl sites for hydroxylation is 1. The van der Waals surface area contributed by atoms with E-state index in [0.29, 0.717) is 11.9 Å². The van der Waals surface area contributed by atoms with E-state index in [9.17, 15) is 4.79 Å². The van der Waals surface area contributed by atoms with E-state index in [4.69, 9.17) is 14.5 Å². The summed E-state index contributed by atoms with van der Waals surface area (Å²) in [4.78, 5) is 25.4. The molecule has 0 unspecified atom stereocenters. The van der Waals surface area contributed by atoms with Crippen LogP contribution in [-0.2, 0) is 16.6 Å². The molecule has 0 radical (unpaired) electrons. The summed E-state index contributed by atoms with van der Waals surface area (Å²) >= 11 is 1.64. The zero-order chi connectivity index (χ0) is 29.1. The number of nitrogens with one attached hydrogen (secondary N) is 1. The van der Waals surface area contributed by atoms with Crippen LogP contribution in [0.3, 0.4) is 0 Å². The number of anilines is 1. The highest BCUT2D eigenvalue weighted by Crippen LogP contribution is 2.32. The van der Waals surface area contributed by atoms with Crippen molar-refractivity contribution in [3.05, 3.63) is 48.1 Å². The molecule has 0 saturated heterocycles. The van der Waals surface area contributed by atoms with Crippen LogP contribution in [-0.4, -0.2) is 49.0 Å². The van der Waals surface area contributed by atoms with Crippen molar-refractivity contribution >= 4 is 34.3 Å². The molecule has 10 heteroatoms. The number of hydrogen-bond acceptors (Lipinski definition) is 9. The highest BCUT2D eigenvalue weighted by Gasteiger charge is 2.20. The lowest BCUT2D eigenvalue weighted by Crippen LogP contribution is -2.18. The van der Waals surface area contributed by atoms with Crippen molar-refractivity contribution < 1.29 is 14.3 Å². The monoisotopic (exact) mass is 566 g/mol. The number of esters is 1. The summed E-state index contributed by atoms with van der Waals surface area (Å²) in [5.41, 5.74) is 2.57. The number of aromatic nitrogens is 5. The Kier molecular flexibility index (Phi) is 11.9. The second-order valence-electron chi connectivity index (χ2n) is 10.5. The van der Waals surface area contributed by atoms with E-state index >= 15 is 0 Å². The minimum absolute atomic E-state index is 0.0237. The van der Waals surface area contributed by atoms with Crippen LogP contribution >= 0.6 is 11.3 Å². The van der Waals surface area contributed by atoms with E-state index in [-0.39, 0.29) is 24.1 Å². The Bertz CT molecular complexity index is 1310. The van der Waals surface area contributed by atoms with Crippen LogP contribution < -0.4 is 10.1 Å². The summed E-state index contributed by atoms with van der Waals surface area (Å²) in [6, 6.07) is 12.3. The number of fused-ring (bicyclic) bond motifs is 1. The van der Waals surface area contributed by atoms with Gasteiger partial charge in [0.2, 0.25) is 11.8 Å². The first-order valence-electron chi connectivity index (χ1n) is 13.9. The molecule has 1 aliphatic rings. The zero-order valence-corrected chi connectivity index (χ0v) is 25.4. The number of nitrogens with zero attached hydrogens (tertiary/aromatic N) is 5. The standard InChI is InChI=1S/C15H14N2OS.C9H16O2.C6H12N4/c1-10(2)18-15-14(13-8-5-9-19-13)16-11-6-3-4-7-12(11)17-15;1-7(2)9(10)11-8-5-3-4-6-8;1-5(2)9-6-7-4-8-10(6)3/h3-10H,1-2H3;7-8H,3-6H2,1-2H3;4-5H,1-3H3,(H,7,8,9). The molecule has 9 nitrogen and oxygen atoms in total. The highest BCUT2D eigenvalue weighted by atomic mass is 32.1. The van der Waals surface area contributed by atoms with Crippen molar-refractivity contribution in [1.82, 2.24) is 24.7 Å². The number of para-hydroxylation sites is 2. The van der Waals surface area contributed by atoms with E-state index < -0.39 is 0 Å². The predicted octanol–water partition coefficient (Wildman–Crippen LogP) is 6.91. The van der Waals surface area contributed by atoms with E-state index in [1.54, 1.807) is 16.0 Å². The summed E-state index contributed by atoms with van der Waals surface area (Å²) in [7, 11) is 1.86. The lowest BCUT2D eigenvalue weighted by atomic mass is 10.2. The summed E-state index contributed by atoms with van der Waals surface area (Å²) < 4.78 is 12.8. The van der Waals surface area contributed by atoms with Gasteiger partial charge < -0.3 is 14.8 Å².